The third-order valence-electron chi connectivity index (χ3n) is 5.34. The van der Waals surface area contributed by atoms with Crippen LogP contribution in [0.15, 0.2) is 41.3 Å². The van der Waals surface area contributed by atoms with Gasteiger partial charge >= 0.3 is 5.97 Å². The Labute approximate surface area is 208 Å². The average molecular weight is 540 g/mol. The van der Waals surface area contributed by atoms with E-state index in [4.69, 9.17) is 16.3 Å². The molecule has 1 fully saturated rings. The summed E-state index contributed by atoms with van der Waals surface area (Å²) in [7, 11) is -4.09. The van der Waals surface area contributed by atoms with Gasteiger partial charge in [-0.1, -0.05) is 17.7 Å². The standard InChI is InChI=1S/C20H18ClN5O7S2/c21-13-10-12(26(29)30)7-8-14(13)22-18(27)11-33-20(28)16-5-1-2-9-25(16)35(31,32)17-6-3-4-15-19(17)24-34-23-15/h3-4,6-8,10,16H,1-2,5,9,11H2,(H,22,27). The van der Waals surface area contributed by atoms with Crippen LogP contribution in [0.25, 0.3) is 11.0 Å². The number of esters is 1. The van der Waals surface area contributed by atoms with Gasteiger partial charge in [0.05, 0.1) is 27.4 Å². The van der Waals surface area contributed by atoms with Gasteiger partial charge in [0.15, 0.2) is 6.61 Å². The fourth-order valence-electron chi connectivity index (χ4n) is 3.68. The summed E-state index contributed by atoms with van der Waals surface area (Å²) in [6.07, 6.45) is 1.41. The number of benzene rings is 2. The molecule has 0 spiro atoms. The van der Waals surface area contributed by atoms with Crippen molar-refractivity contribution in [2.24, 2.45) is 0 Å². The number of carbonyl (C=O) groups excluding carboxylic acids is 2. The number of nitro benzene ring substituents is 1. The molecule has 4 rings (SSSR count). The number of carbonyl (C=O) groups is 2. The first-order valence-electron chi connectivity index (χ1n) is 10.3. The number of piperidine rings is 1. The zero-order valence-electron chi connectivity index (χ0n) is 17.9. The second kappa shape index (κ2) is 10.2. The molecule has 1 saturated heterocycles. The molecule has 1 amide bonds. The SMILES string of the molecule is O=C(COC(=O)C1CCCCN1S(=O)(=O)c1cccc2nsnc12)Nc1ccc([N+](=O)[O-])cc1Cl. The van der Waals surface area contributed by atoms with E-state index in [0.717, 1.165) is 28.2 Å². The predicted octanol–water partition coefficient (Wildman–Crippen LogP) is 2.98. The lowest BCUT2D eigenvalue weighted by Gasteiger charge is -2.32. The molecule has 1 aliphatic rings. The van der Waals surface area contributed by atoms with Crippen LogP contribution in [0, 0.1) is 10.1 Å². The first kappa shape index (κ1) is 24.9. The molecule has 0 bridgehead atoms. The monoisotopic (exact) mass is 539 g/mol. The average Bonchev–Trinajstić information content (AvgIpc) is 3.32. The number of rotatable bonds is 7. The molecule has 2 aromatic carbocycles. The minimum absolute atomic E-state index is 0.0472. The second-order valence-electron chi connectivity index (χ2n) is 7.59. The van der Waals surface area contributed by atoms with Crippen molar-refractivity contribution in [3.05, 3.63) is 51.5 Å². The molecular formula is C20H18ClN5O7S2. The van der Waals surface area contributed by atoms with Gasteiger partial charge in [-0.05, 0) is 37.5 Å². The molecule has 0 radical (unpaired) electrons. The minimum atomic E-state index is -4.09. The number of amides is 1. The van der Waals surface area contributed by atoms with Crippen LogP contribution in [0.3, 0.4) is 0 Å². The van der Waals surface area contributed by atoms with Gasteiger partial charge in [-0.3, -0.25) is 19.7 Å². The van der Waals surface area contributed by atoms with Gasteiger partial charge in [0.1, 0.15) is 22.0 Å². The second-order valence-corrected chi connectivity index (χ2v) is 10.4. The van der Waals surface area contributed by atoms with E-state index in [-0.39, 0.29) is 39.8 Å². The van der Waals surface area contributed by atoms with Crippen molar-refractivity contribution in [2.75, 3.05) is 18.5 Å². The number of sulfonamides is 1. The van der Waals surface area contributed by atoms with Crippen molar-refractivity contribution < 1.29 is 27.7 Å². The summed E-state index contributed by atoms with van der Waals surface area (Å²) in [5.74, 6) is -1.60. The van der Waals surface area contributed by atoms with E-state index in [1.54, 1.807) is 12.1 Å². The van der Waals surface area contributed by atoms with Crippen LogP contribution in [0.1, 0.15) is 19.3 Å². The number of nitrogens with zero attached hydrogens (tertiary/aromatic N) is 4. The normalized spacial score (nSPS) is 16.7. The van der Waals surface area contributed by atoms with Crippen LogP contribution in [0.4, 0.5) is 11.4 Å². The van der Waals surface area contributed by atoms with E-state index < -0.39 is 39.5 Å². The van der Waals surface area contributed by atoms with Crippen LogP contribution < -0.4 is 5.32 Å². The van der Waals surface area contributed by atoms with Gasteiger partial charge in [0.2, 0.25) is 10.0 Å². The Bertz CT molecular complexity index is 1410. The fourth-order valence-corrected chi connectivity index (χ4v) is 6.31. The number of nitro groups is 1. The summed E-state index contributed by atoms with van der Waals surface area (Å²) in [6.45, 7) is -0.581. The highest BCUT2D eigenvalue weighted by atomic mass is 35.5. The van der Waals surface area contributed by atoms with Crippen LogP contribution >= 0.6 is 23.3 Å². The number of hydrogen-bond acceptors (Lipinski definition) is 10. The van der Waals surface area contributed by atoms with Gasteiger partial charge in [-0.25, -0.2) is 8.42 Å². The quantitative estimate of drug-likeness (QED) is 0.270. The Morgan fingerprint density at radius 2 is 2.06 bits per heavy atom. The van der Waals surface area contributed by atoms with Crippen LogP contribution in [0.5, 0.6) is 0 Å². The van der Waals surface area contributed by atoms with Crippen molar-refractivity contribution >= 4 is 67.6 Å². The molecule has 0 saturated carbocycles. The zero-order valence-corrected chi connectivity index (χ0v) is 20.3. The molecule has 1 aliphatic heterocycles. The number of nitrogens with one attached hydrogen (secondary N) is 1. The lowest BCUT2D eigenvalue weighted by atomic mass is 10.1. The Morgan fingerprint density at radius 1 is 1.26 bits per heavy atom. The molecular weight excluding hydrogens is 522 g/mol. The van der Waals surface area contributed by atoms with Gasteiger partial charge in [-0.15, -0.1) is 0 Å². The number of fused-ring (bicyclic) bond motifs is 1. The Kier molecular flexibility index (Phi) is 7.25. The fraction of sp³-hybridized carbons (Fsp3) is 0.300. The lowest BCUT2D eigenvalue weighted by molar-refractivity contribution is -0.384. The Hall–Kier alpha value is -3.20. The molecule has 0 aliphatic carbocycles. The van der Waals surface area contributed by atoms with Gasteiger partial charge in [0, 0.05) is 18.7 Å². The Balaban J connectivity index is 1.45. The molecule has 35 heavy (non-hydrogen) atoms. The van der Waals surface area contributed by atoms with Gasteiger partial charge in [-0.2, -0.15) is 13.1 Å². The van der Waals surface area contributed by atoms with E-state index >= 15 is 0 Å². The maximum Gasteiger partial charge on any atom is 0.324 e. The maximum atomic E-state index is 13.4. The Morgan fingerprint density at radius 3 is 2.80 bits per heavy atom. The molecule has 1 aromatic heterocycles. The summed E-state index contributed by atoms with van der Waals surface area (Å²) in [4.78, 5) is 35.2. The number of non-ortho nitro benzene ring substituents is 1. The van der Waals surface area contributed by atoms with E-state index in [1.165, 1.54) is 12.1 Å². The highest BCUT2D eigenvalue weighted by Crippen LogP contribution is 2.30. The number of halogens is 1. The summed E-state index contributed by atoms with van der Waals surface area (Å²) < 4.78 is 41.2. The summed E-state index contributed by atoms with van der Waals surface area (Å²) in [6, 6.07) is 7.01. The number of hydrogen-bond donors (Lipinski definition) is 1. The molecule has 1 N–H and O–H groups in total. The number of ether oxygens (including phenoxy) is 1. The van der Waals surface area contributed by atoms with Crippen molar-refractivity contribution in [1.29, 1.82) is 0 Å². The zero-order chi connectivity index (χ0) is 25.2. The van der Waals surface area contributed by atoms with Crippen LogP contribution in [-0.4, -0.2) is 57.5 Å². The van der Waals surface area contributed by atoms with E-state index in [0.29, 0.717) is 18.4 Å². The van der Waals surface area contributed by atoms with E-state index in [1.807, 2.05) is 0 Å². The summed E-state index contributed by atoms with van der Waals surface area (Å²) in [5, 5.41) is 13.1. The van der Waals surface area contributed by atoms with E-state index in [9.17, 15) is 28.1 Å². The highest BCUT2D eigenvalue weighted by molar-refractivity contribution is 7.89. The molecule has 1 unspecified atom stereocenters. The smallest absolute Gasteiger partial charge is 0.324 e. The van der Waals surface area contributed by atoms with Gasteiger partial charge in [0.25, 0.3) is 11.6 Å². The van der Waals surface area contributed by atoms with Crippen molar-refractivity contribution in [1.82, 2.24) is 13.1 Å². The maximum absolute atomic E-state index is 13.4. The third kappa shape index (κ3) is 5.24. The minimum Gasteiger partial charge on any atom is -0.454 e. The van der Waals surface area contributed by atoms with Crippen molar-refractivity contribution in [3.8, 4) is 0 Å². The summed E-state index contributed by atoms with van der Waals surface area (Å²) in [5.41, 5.74) is 0.524. The molecule has 2 heterocycles. The molecule has 15 heteroatoms. The number of aromatic nitrogens is 2. The molecule has 184 valence electrons. The van der Waals surface area contributed by atoms with Crippen molar-refractivity contribution in [2.45, 2.75) is 30.2 Å². The highest BCUT2D eigenvalue weighted by Gasteiger charge is 2.39. The first-order valence-corrected chi connectivity index (χ1v) is 12.9. The van der Waals surface area contributed by atoms with Crippen molar-refractivity contribution in [3.63, 3.8) is 0 Å². The van der Waals surface area contributed by atoms with Gasteiger partial charge < -0.3 is 10.1 Å². The lowest BCUT2D eigenvalue weighted by Crippen LogP contribution is -2.49. The molecule has 1 atom stereocenters. The third-order valence-corrected chi connectivity index (χ3v) is 8.14. The molecule has 12 nitrogen and oxygen atoms in total. The summed E-state index contributed by atoms with van der Waals surface area (Å²) >= 11 is 6.84. The van der Waals surface area contributed by atoms with Crippen LogP contribution in [-0.2, 0) is 24.3 Å². The van der Waals surface area contributed by atoms with Crippen LogP contribution in [0.2, 0.25) is 5.02 Å². The number of anilines is 1. The first-order chi connectivity index (χ1) is 16.7. The largest absolute Gasteiger partial charge is 0.454 e. The topological polar surface area (TPSA) is 162 Å². The predicted molar refractivity (Wildman–Crippen MR) is 127 cm³/mol. The van der Waals surface area contributed by atoms with E-state index in [2.05, 4.69) is 14.1 Å². The molecule has 3 aromatic rings.